The van der Waals surface area contributed by atoms with Crippen molar-refractivity contribution in [2.45, 2.75) is 32.0 Å². The maximum absolute atomic E-state index is 12.6. The Kier molecular flexibility index (Phi) is 3.39. The van der Waals surface area contributed by atoms with Gasteiger partial charge in [0.25, 0.3) is 0 Å². The number of fused-ring (bicyclic) bond motifs is 1. The van der Waals surface area contributed by atoms with Crippen molar-refractivity contribution < 1.29 is 13.2 Å². The molecular formula is C15H16F3N3. The summed E-state index contributed by atoms with van der Waals surface area (Å²) in [5.41, 5.74) is 1.22. The molecule has 6 heteroatoms. The highest BCUT2D eigenvalue weighted by Gasteiger charge is 2.31. The molecule has 0 saturated heterocycles. The number of aryl methyl sites for hydroxylation is 1. The molecule has 0 fully saturated rings. The normalized spacial score (nSPS) is 18.2. The monoisotopic (exact) mass is 295 g/mol. The van der Waals surface area contributed by atoms with E-state index in [9.17, 15) is 13.2 Å². The molecule has 0 spiro atoms. The van der Waals surface area contributed by atoms with Crippen LogP contribution < -0.4 is 5.32 Å². The number of rotatable bonds is 2. The van der Waals surface area contributed by atoms with E-state index in [1.165, 1.54) is 0 Å². The van der Waals surface area contributed by atoms with Crippen LogP contribution in [-0.2, 0) is 12.6 Å². The summed E-state index contributed by atoms with van der Waals surface area (Å²) in [5, 5.41) is 7.80. The van der Waals surface area contributed by atoms with Crippen LogP contribution in [0, 0.1) is 0 Å². The Morgan fingerprint density at radius 2 is 2.00 bits per heavy atom. The Morgan fingerprint density at radius 3 is 2.62 bits per heavy atom. The van der Waals surface area contributed by atoms with Gasteiger partial charge in [-0.05, 0) is 30.5 Å². The summed E-state index contributed by atoms with van der Waals surface area (Å²) >= 11 is 0. The largest absolute Gasteiger partial charge is 0.416 e. The highest BCUT2D eigenvalue weighted by Crippen LogP contribution is 2.33. The fourth-order valence-corrected chi connectivity index (χ4v) is 2.65. The Hall–Kier alpha value is -1.98. The molecule has 0 radical (unpaired) electrons. The number of halogens is 3. The molecule has 0 bridgehead atoms. The Balaban J connectivity index is 1.93. The minimum Gasteiger partial charge on any atom is -0.370 e. The zero-order valence-corrected chi connectivity index (χ0v) is 11.6. The SMILES string of the molecule is CCc1cc2n(n1)C(c1ccc(C(F)(F)F)cc1)CCN2. The van der Waals surface area contributed by atoms with Crippen LogP contribution in [0.1, 0.15) is 36.2 Å². The highest BCUT2D eigenvalue weighted by atomic mass is 19.4. The minimum atomic E-state index is -4.29. The summed E-state index contributed by atoms with van der Waals surface area (Å²) in [6, 6.07) is 7.37. The van der Waals surface area contributed by atoms with Gasteiger partial charge in [0, 0.05) is 12.6 Å². The van der Waals surface area contributed by atoms with Crippen molar-refractivity contribution in [1.82, 2.24) is 9.78 Å². The third kappa shape index (κ3) is 2.62. The first kappa shape index (κ1) is 14.0. The summed E-state index contributed by atoms with van der Waals surface area (Å²) in [7, 11) is 0. The number of nitrogens with one attached hydrogen (secondary N) is 1. The maximum atomic E-state index is 12.6. The molecule has 0 aliphatic carbocycles. The topological polar surface area (TPSA) is 29.9 Å². The van der Waals surface area contributed by atoms with Crippen molar-refractivity contribution in [3.05, 3.63) is 47.2 Å². The van der Waals surface area contributed by atoms with E-state index >= 15 is 0 Å². The minimum absolute atomic E-state index is 0.0103. The first-order valence-corrected chi connectivity index (χ1v) is 6.98. The van der Waals surface area contributed by atoms with Crippen LogP contribution in [-0.4, -0.2) is 16.3 Å². The lowest BCUT2D eigenvalue weighted by molar-refractivity contribution is -0.137. The molecule has 1 unspecified atom stereocenters. The molecule has 1 N–H and O–H groups in total. The van der Waals surface area contributed by atoms with E-state index < -0.39 is 11.7 Å². The van der Waals surface area contributed by atoms with Gasteiger partial charge in [-0.3, -0.25) is 0 Å². The lowest BCUT2D eigenvalue weighted by atomic mass is 10.0. The third-order valence-corrected chi connectivity index (χ3v) is 3.79. The van der Waals surface area contributed by atoms with Gasteiger partial charge in [-0.1, -0.05) is 19.1 Å². The molecule has 1 aromatic heterocycles. The molecule has 1 aromatic carbocycles. The molecule has 3 rings (SSSR count). The van der Waals surface area contributed by atoms with E-state index in [-0.39, 0.29) is 6.04 Å². The molecule has 2 aromatic rings. The smallest absolute Gasteiger partial charge is 0.370 e. The van der Waals surface area contributed by atoms with Gasteiger partial charge in [-0.25, -0.2) is 4.68 Å². The fourth-order valence-electron chi connectivity index (χ4n) is 2.65. The van der Waals surface area contributed by atoms with Crippen LogP contribution in [0.4, 0.5) is 19.0 Å². The average Bonchev–Trinajstić information content (AvgIpc) is 2.89. The number of benzene rings is 1. The maximum Gasteiger partial charge on any atom is 0.416 e. The molecular weight excluding hydrogens is 279 g/mol. The number of hydrogen-bond donors (Lipinski definition) is 1. The van der Waals surface area contributed by atoms with Gasteiger partial charge in [0.15, 0.2) is 0 Å². The molecule has 112 valence electrons. The van der Waals surface area contributed by atoms with E-state index in [4.69, 9.17) is 0 Å². The first-order valence-electron chi connectivity index (χ1n) is 6.98. The zero-order chi connectivity index (χ0) is 15.0. The van der Waals surface area contributed by atoms with Gasteiger partial charge in [0.05, 0.1) is 17.3 Å². The molecule has 1 aliphatic heterocycles. The summed E-state index contributed by atoms with van der Waals surface area (Å²) in [6.07, 6.45) is -2.65. The van der Waals surface area contributed by atoms with Gasteiger partial charge >= 0.3 is 6.18 Å². The molecule has 1 aliphatic rings. The first-order chi connectivity index (χ1) is 9.99. The van der Waals surface area contributed by atoms with Crippen molar-refractivity contribution in [1.29, 1.82) is 0 Å². The third-order valence-electron chi connectivity index (χ3n) is 3.79. The van der Waals surface area contributed by atoms with Crippen LogP contribution in [0.15, 0.2) is 30.3 Å². The van der Waals surface area contributed by atoms with E-state index in [1.807, 2.05) is 17.7 Å². The van der Waals surface area contributed by atoms with E-state index in [1.54, 1.807) is 12.1 Å². The van der Waals surface area contributed by atoms with Crippen molar-refractivity contribution in [2.75, 3.05) is 11.9 Å². The van der Waals surface area contributed by atoms with Crippen molar-refractivity contribution >= 4 is 5.82 Å². The van der Waals surface area contributed by atoms with Gasteiger partial charge < -0.3 is 5.32 Å². The Bertz CT molecular complexity index is 629. The van der Waals surface area contributed by atoms with Crippen molar-refractivity contribution in [3.8, 4) is 0 Å². The number of anilines is 1. The summed E-state index contributed by atoms with van der Waals surface area (Å²) < 4.78 is 39.7. The zero-order valence-electron chi connectivity index (χ0n) is 11.6. The predicted molar refractivity (Wildman–Crippen MR) is 74.3 cm³/mol. The van der Waals surface area contributed by atoms with Crippen LogP contribution in [0.2, 0.25) is 0 Å². The number of aromatic nitrogens is 2. The van der Waals surface area contributed by atoms with E-state index in [0.29, 0.717) is 0 Å². The second-order valence-corrected chi connectivity index (χ2v) is 5.17. The average molecular weight is 295 g/mol. The van der Waals surface area contributed by atoms with Crippen LogP contribution in [0.5, 0.6) is 0 Å². The summed E-state index contributed by atoms with van der Waals surface area (Å²) in [5.74, 6) is 0.933. The molecule has 2 heterocycles. The van der Waals surface area contributed by atoms with Gasteiger partial charge in [-0.2, -0.15) is 18.3 Å². The second kappa shape index (κ2) is 5.09. The van der Waals surface area contributed by atoms with E-state index in [2.05, 4.69) is 10.4 Å². The van der Waals surface area contributed by atoms with Crippen molar-refractivity contribution in [2.24, 2.45) is 0 Å². The van der Waals surface area contributed by atoms with Crippen LogP contribution in [0.3, 0.4) is 0 Å². The van der Waals surface area contributed by atoms with Crippen LogP contribution >= 0.6 is 0 Å². The standard InChI is InChI=1S/C15H16F3N3/c1-2-12-9-14-19-8-7-13(21(14)20-12)10-3-5-11(6-4-10)15(16,17)18/h3-6,9,13,19H,2,7-8H2,1H3. The lowest BCUT2D eigenvalue weighted by Gasteiger charge is -2.26. The molecule has 0 saturated carbocycles. The Labute approximate surface area is 120 Å². The predicted octanol–water partition coefficient (Wildman–Crippen LogP) is 3.87. The molecule has 0 amide bonds. The van der Waals surface area contributed by atoms with Crippen LogP contribution in [0.25, 0.3) is 0 Å². The molecule has 21 heavy (non-hydrogen) atoms. The van der Waals surface area contributed by atoms with Gasteiger partial charge in [0.1, 0.15) is 5.82 Å². The lowest BCUT2D eigenvalue weighted by Crippen LogP contribution is -2.24. The number of nitrogens with zero attached hydrogens (tertiary/aromatic N) is 2. The van der Waals surface area contributed by atoms with Gasteiger partial charge in [-0.15, -0.1) is 0 Å². The summed E-state index contributed by atoms with van der Waals surface area (Å²) in [4.78, 5) is 0. The molecule has 1 atom stereocenters. The fraction of sp³-hybridized carbons (Fsp3) is 0.400. The second-order valence-electron chi connectivity index (χ2n) is 5.17. The quantitative estimate of drug-likeness (QED) is 0.911. The Morgan fingerprint density at radius 1 is 1.29 bits per heavy atom. The van der Waals surface area contributed by atoms with Crippen molar-refractivity contribution in [3.63, 3.8) is 0 Å². The number of alkyl halides is 3. The number of hydrogen-bond acceptors (Lipinski definition) is 2. The molecule has 3 nitrogen and oxygen atoms in total. The highest BCUT2D eigenvalue weighted by molar-refractivity contribution is 5.41. The summed E-state index contributed by atoms with van der Waals surface area (Å²) in [6.45, 7) is 2.82. The van der Waals surface area contributed by atoms with E-state index in [0.717, 1.165) is 48.6 Å². The van der Waals surface area contributed by atoms with Gasteiger partial charge in [0.2, 0.25) is 0 Å².